The van der Waals surface area contributed by atoms with Gasteiger partial charge in [-0.1, -0.05) is 6.92 Å². The number of carbonyl (C=O) groups excluding carboxylic acids is 1. The van der Waals surface area contributed by atoms with Gasteiger partial charge in [-0.3, -0.25) is 4.79 Å². The number of hydrogen-bond donors (Lipinski definition) is 2. The molecule has 0 radical (unpaired) electrons. The number of carbonyl (C=O) groups is 1. The molecule has 6 nitrogen and oxygen atoms in total. The number of amides is 1. The summed E-state index contributed by atoms with van der Waals surface area (Å²) in [6.45, 7) is 5.48. The number of rotatable bonds is 7. The molecule has 1 aliphatic heterocycles. The Morgan fingerprint density at radius 3 is 2.70 bits per heavy atom. The normalized spacial score (nSPS) is 21.8. The first-order valence-corrected chi connectivity index (χ1v) is 9.20. The Balaban J connectivity index is 2.52. The summed E-state index contributed by atoms with van der Waals surface area (Å²) < 4.78 is 24.9. The lowest BCUT2D eigenvalue weighted by Crippen LogP contribution is -2.52. The highest BCUT2D eigenvalue weighted by molar-refractivity contribution is 7.88. The molecule has 1 heterocycles. The largest absolute Gasteiger partial charge is 0.337 e. The zero-order valence-electron chi connectivity index (χ0n) is 12.7. The third kappa shape index (κ3) is 6.19. The molecule has 20 heavy (non-hydrogen) atoms. The molecule has 1 aliphatic rings. The van der Waals surface area contributed by atoms with Gasteiger partial charge >= 0.3 is 0 Å². The van der Waals surface area contributed by atoms with Crippen molar-refractivity contribution >= 4 is 15.9 Å². The molecule has 0 aliphatic carbocycles. The van der Waals surface area contributed by atoms with Crippen molar-refractivity contribution in [1.29, 1.82) is 0 Å². The lowest BCUT2D eigenvalue weighted by molar-refractivity contribution is -0.133. The minimum atomic E-state index is -3.21. The van der Waals surface area contributed by atoms with Gasteiger partial charge in [0.1, 0.15) is 0 Å². The maximum absolute atomic E-state index is 12.2. The Hall–Kier alpha value is -0.660. The fourth-order valence-electron chi connectivity index (χ4n) is 2.30. The lowest BCUT2D eigenvalue weighted by Gasteiger charge is -2.36. The van der Waals surface area contributed by atoms with Crippen LogP contribution >= 0.6 is 0 Å². The summed E-state index contributed by atoms with van der Waals surface area (Å²) in [6, 6.07) is 0.293. The highest BCUT2D eigenvalue weighted by Gasteiger charge is 2.27. The van der Waals surface area contributed by atoms with Gasteiger partial charge in [-0.25, -0.2) is 13.1 Å². The Bertz CT molecular complexity index is 411. The van der Waals surface area contributed by atoms with Gasteiger partial charge < -0.3 is 10.2 Å². The molecule has 1 amide bonds. The van der Waals surface area contributed by atoms with Gasteiger partial charge in [0.15, 0.2) is 0 Å². The van der Waals surface area contributed by atoms with Crippen LogP contribution in [0.1, 0.15) is 39.5 Å². The van der Waals surface area contributed by atoms with Crippen LogP contribution in [-0.4, -0.2) is 57.2 Å². The van der Waals surface area contributed by atoms with Gasteiger partial charge in [-0.2, -0.15) is 0 Å². The predicted octanol–water partition coefficient (Wildman–Crippen LogP) is 0.305. The van der Waals surface area contributed by atoms with Crippen molar-refractivity contribution in [3.8, 4) is 0 Å². The number of likely N-dealkylation sites (tertiary alicyclic amines) is 1. The van der Waals surface area contributed by atoms with Crippen molar-refractivity contribution < 1.29 is 13.2 Å². The van der Waals surface area contributed by atoms with Crippen molar-refractivity contribution in [2.45, 2.75) is 51.6 Å². The van der Waals surface area contributed by atoms with Crippen LogP contribution in [0, 0.1) is 0 Å². The van der Waals surface area contributed by atoms with E-state index in [0.717, 1.165) is 38.5 Å². The highest BCUT2D eigenvalue weighted by Crippen LogP contribution is 2.16. The zero-order valence-corrected chi connectivity index (χ0v) is 13.5. The van der Waals surface area contributed by atoms with Gasteiger partial charge in [0.25, 0.3) is 0 Å². The van der Waals surface area contributed by atoms with Crippen LogP contribution in [0.15, 0.2) is 0 Å². The second-order valence-corrected chi connectivity index (χ2v) is 7.38. The summed E-state index contributed by atoms with van der Waals surface area (Å²) in [5, 5.41) is 3.19. The van der Waals surface area contributed by atoms with Crippen molar-refractivity contribution in [3.05, 3.63) is 0 Å². The van der Waals surface area contributed by atoms with Crippen LogP contribution < -0.4 is 10.0 Å². The molecular weight excluding hydrogens is 278 g/mol. The van der Waals surface area contributed by atoms with Crippen LogP contribution in [0.3, 0.4) is 0 Å². The molecule has 0 saturated carbocycles. The Morgan fingerprint density at radius 1 is 1.40 bits per heavy atom. The van der Waals surface area contributed by atoms with Crippen molar-refractivity contribution in [2.24, 2.45) is 0 Å². The van der Waals surface area contributed by atoms with Gasteiger partial charge in [0, 0.05) is 25.2 Å². The third-order valence-electron chi connectivity index (χ3n) is 3.74. The highest BCUT2D eigenvalue weighted by atomic mass is 32.2. The van der Waals surface area contributed by atoms with Crippen LogP contribution in [-0.2, 0) is 14.8 Å². The first-order chi connectivity index (χ1) is 9.33. The van der Waals surface area contributed by atoms with Crippen molar-refractivity contribution in [3.63, 3.8) is 0 Å². The van der Waals surface area contributed by atoms with Crippen molar-refractivity contribution in [2.75, 3.05) is 25.9 Å². The number of piperidine rings is 1. The predicted molar refractivity (Wildman–Crippen MR) is 80.0 cm³/mol. The average molecular weight is 305 g/mol. The van der Waals surface area contributed by atoms with Gasteiger partial charge in [-0.05, 0) is 32.6 Å². The van der Waals surface area contributed by atoms with Crippen LogP contribution in [0.2, 0.25) is 0 Å². The topological polar surface area (TPSA) is 78.5 Å². The molecule has 1 saturated heterocycles. The first-order valence-electron chi connectivity index (χ1n) is 7.31. The van der Waals surface area contributed by atoms with Crippen LogP contribution in [0.4, 0.5) is 0 Å². The van der Waals surface area contributed by atoms with E-state index >= 15 is 0 Å². The minimum absolute atomic E-state index is 0.0234. The van der Waals surface area contributed by atoms with E-state index < -0.39 is 10.0 Å². The standard InChI is InChI=1S/C13H27N3O3S/c1-4-11(2)14-10-13(17)16-8-6-5-7-12(16)9-15-20(3,18)19/h11-12,14-15H,4-10H2,1-3H3. The third-order valence-corrected chi connectivity index (χ3v) is 4.43. The molecule has 0 spiro atoms. The zero-order chi connectivity index (χ0) is 15.2. The second kappa shape index (κ2) is 7.95. The molecule has 2 atom stereocenters. The molecule has 0 aromatic heterocycles. The second-order valence-electron chi connectivity index (χ2n) is 5.55. The Kier molecular flexibility index (Phi) is 6.91. The Morgan fingerprint density at radius 2 is 2.10 bits per heavy atom. The smallest absolute Gasteiger partial charge is 0.236 e. The molecule has 2 N–H and O–H groups in total. The van der Waals surface area contributed by atoms with E-state index in [1.54, 1.807) is 0 Å². The summed E-state index contributed by atoms with van der Waals surface area (Å²) in [5.41, 5.74) is 0. The summed E-state index contributed by atoms with van der Waals surface area (Å²) in [7, 11) is -3.21. The van der Waals surface area contributed by atoms with Gasteiger partial charge in [-0.15, -0.1) is 0 Å². The average Bonchev–Trinajstić information content (AvgIpc) is 2.41. The molecule has 2 unspecified atom stereocenters. The quantitative estimate of drug-likeness (QED) is 0.709. The van der Waals surface area contributed by atoms with E-state index in [1.807, 2.05) is 11.8 Å². The number of nitrogens with zero attached hydrogens (tertiary/aromatic N) is 1. The van der Waals surface area contributed by atoms with Crippen molar-refractivity contribution in [1.82, 2.24) is 14.9 Å². The molecule has 118 valence electrons. The van der Waals surface area contributed by atoms with E-state index in [4.69, 9.17) is 0 Å². The maximum atomic E-state index is 12.2. The van der Waals surface area contributed by atoms with E-state index in [2.05, 4.69) is 17.0 Å². The molecule has 0 bridgehead atoms. The maximum Gasteiger partial charge on any atom is 0.236 e. The van der Waals surface area contributed by atoms with Crippen LogP contribution in [0.5, 0.6) is 0 Å². The molecule has 1 fully saturated rings. The minimum Gasteiger partial charge on any atom is -0.337 e. The fraction of sp³-hybridized carbons (Fsp3) is 0.923. The van der Waals surface area contributed by atoms with Crippen LogP contribution in [0.25, 0.3) is 0 Å². The first kappa shape index (κ1) is 17.4. The molecule has 7 heteroatoms. The molecule has 1 rings (SSSR count). The lowest BCUT2D eigenvalue weighted by atomic mass is 10.0. The van der Waals surface area contributed by atoms with Gasteiger partial charge in [0.2, 0.25) is 15.9 Å². The number of hydrogen-bond acceptors (Lipinski definition) is 4. The van der Waals surface area contributed by atoms with E-state index in [0.29, 0.717) is 19.1 Å². The van der Waals surface area contributed by atoms with E-state index in [1.165, 1.54) is 0 Å². The Labute approximate surface area is 122 Å². The van der Waals surface area contributed by atoms with E-state index in [9.17, 15) is 13.2 Å². The number of sulfonamides is 1. The summed E-state index contributed by atoms with van der Waals surface area (Å²) in [4.78, 5) is 14.1. The summed E-state index contributed by atoms with van der Waals surface area (Å²) in [5.74, 6) is 0.0605. The number of nitrogens with one attached hydrogen (secondary N) is 2. The molecular formula is C13H27N3O3S. The van der Waals surface area contributed by atoms with E-state index in [-0.39, 0.29) is 11.9 Å². The monoisotopic (exact) mass is 305 g/mol. The summed E-state index contributed by atoms with van der Waals surface area (Å²) in [6.07, 6.45) is 5.01. The SMILES string of the molecule is CCC(C)NCC(=O)N1CCCCC1CNS(C)(=O)=O. The van der Waals surface area contributed by atoms with Gasteiger partial charge in [0.05, 0.1) is 12.8 Å². The molecule has 0 aromatic carbocycles. The summed E-state index contributed by atoms with van der Waals surface area (Å²) >= 11 is 0. The fourth-order valence-corrected chi connectivity index (χ4v) is 2.79. The molecule has 0 aromatic rings.